The van der Waals surface area contributed by atoms with Gasteiger partial charge in [-0.3, -0.25) is 9.52 Å². The van der Waals surface area contributed by atoms with E-state index >= 15 is 0 Å². The summed E-state index contributed by atoms with van der Waals surface area (Å²) in [5.41, 5.74) is 4.07. The minimum absolute atomic E-state index is 0.127. The first-order valence-electron chi connectivity index (χ1n) is 9.47. The van der Waals surface area contributed by atoms with Gasteiger partial charge in [-0.2, -0.15) is 0 Å². The normalized spacial score (nSPS) is 11.2. The molecule has 5 nitrogen and oxygen atoms in total. The van der Waals surface area contributed by atoms with Crippen LogP contribution in [-0.2, 0) is 21.2 Å². The highest BCUT2D eigenvalue weighted by Gasteiger charge is 2.14. The second kappa shape index (κ2) is 9.32. The zero-order chi connectivity index (χ0) is 21.7. The summed E-state index contributed by atoms with van der Waals surface area (Å²) in [5, 5.41) is 3.42. The molecule has 1 amide bonds. The zero-order valence-electron chi connectivity index (χ0n) is 16.8. The third-order valence-electron chi connectivity index (χ3n) is 4.65. The number of aryl methyl sites for hydroxylation is 3. The Hall–Kier alpha value is -2.83. The predicted molar refractivity (Wildman–Crippen MR) is 122 cm³/mol. The molecule has 0 unspecified atom stereocenters. The van der Waals surface area contributed by atoms with Gasteiger partial charge in [-0.05, 0) is 67.8 Å². The van der Waals surface area contributed by atoms with Gasteiger partial charge >= 0.3 is 0 Å². The number of hydrogen-bond donors (Lipinski definition) is 2. The molecule has 0 aliphatic heterocycles. The number of amides is 1. The molecule has 0 aliphatic carbocycles. The summed E-state index contributed by atoms with van der Waals surface area (Å²) in [5.74, 6) is -0.127. The van der Waals surface area contributed by atoms with Gasteiger partial charge in [-0.15, -0.1) is 0 Å². The summed E-state index contributed by atoms with van der Waals surface area (Å²) in [6.07, 6.45) is 0.775. The second-order valence-electron chi connectivity index (χ2n) is 7.12. The van der Waals surface area contributed by atoms with Crippen LogP contribution in [0.2, 0.25) is 5.02 Å². The fourth-order valence-corrected chi connectivity index (χ4v) is 4.10. The van der Waals surface area contributed by atoms with Gasteiger partial charge in [-0.25, -0.2) is 8.42 Å². The van der Waals surface area contributed by atoms with Crippen molar-refractivity contribution < 1.29 is 13.2 Å². The van der Waals surface area contributed by atoms with Gasteiger partial charge < -0.3 is 5.32 Å². The number of hydrogen-bond acceptors (Lipinski definition) is 3. The van der Waals surface area contributed by atoms with Crippen LogP contribution >= 0.6 is 11.6 Å². The Labute approximate surface area is 182 Å². The Morgan fingerprint density at radius 3 is 2.27 bits per heavy atom. The number of nitrogens with one attached hydrogen (secondary N) is 2. The van der Waals surface area contributed by atoms with E-state index in [4.69, 9.17) is 11.6 Å². The number of sulfonamides is 1. The standard InChI is InChI=1S/C23H23ClN2O3S/c1-16-3-10-20(11-4-16)26-30(28,29)21-12-6-18(7-13-21)8-14-23(27)25-22-15-19(24)9-5-17(22)2/h3-7,9-13,15,26H,8,14H2,1-2H3,(H,25,27). The SMILES string of the molecule is Cc1ccc(NS(=O)(=O)c2ccc(CCC(=O)Nc3cc(Cl)ccc3C)cc2)cc1. The molecule has 0 fully saturated rings. The quantitative estimate of drug-likeness (QED) is 0.519. The Morgan fingerprint density at radius 2 is 1.60 bits per heavy atom. The molecule has 2 N–H and O–H groups in total. The van der Waals surface area contributed by atoms with Crippen molar-refractivity contribution in [3.8, 4) is 0 Å². The van der Waals surface area contributed by atoms with Crippen molar-refractivity contribution in [3.05, 3.63) is 88.4 Å². The summed E-state index contributed by atoms with van der Waals surface area (Å²) in [6.45, 7) is 3.84. The molecule has 7 heteroatoms. The van der Waals surface area contributed by atoms with Crippen molar-refractivity contribution >= 4 is 38.9 Å². The lowest BCUT2D eigenvalue weighted by atomic mass is 10.1. The Balaban J connectivity index is 1.59. The van der Waals surface area contributed by atoms with Crippen LogP contribution in [-0.4, -0.2) is 14.3 Å². The molecular weight excluding hydrogens is 420 g/mol. The number of carbonyl (C=O) groups excluding carboxylic acids is 1. The van der Waals surface area contributed by atoms with Gasteiger partial charge in [-0.1, -0.05) is 47.5 Å². The fraction of sp³-hybridized carbons (Fsp3) is 0.174. The van der Waals surface area contributed by atoms with Crippen LogP contribution in [0.15, 0.2) is 71.6 Å². The molecular formula is C23H23ClN2O3S. The molecule has 0 heterocycles. The number of benzene rings is 3. The van der Waals surface area contributed by atoms with Crippen LogP contribution < -0.4 is 10.0 Å². The first-order valence-corrected chi connectivity index (χ1v) is 11.3. The summed E-state index contributed by atoms with van der Waals surface area (Å²) >= 11 is 5.98. The summed E-state index contributed by atoms with van der Waals surface area (Å²) in [4.78, 5) is 12.4. The second-order valence-corrected chi connectivity index (χ2v) is 9.24. The monoisotopic (exact) mass is 442 g/mol. The highest BCUT2D eigenvalue weighted by atomic mass is 35.5. The van der Waals surface area contributed by atoms with E-state index < -0.39 is 10.0 Å². The molecule has 0 atom stereocenters. The lowest BCUT2D eigenvalue weighted by molar-refractivity contribution is -0.116. The third-order valence-corrected chi connectivity index (χ3v) is 6.28. The molecule has 0 radical (unpaired) electrons. The van der Waals surface area contributed by atoms with E-state index in [1.807, 2.05) is 32.0 Å². The smallest absolute Gasteiger partial charge is 0.261 e. The highest BCUT2D eigenvalue weighted by molar-refractivity contribution is 7.92. The summed E-state index contributed by atoms with van der Waals surface area (Å²) in [6, 6.07) is 19.0. The van der Waals surface area contributed by atoms with Crippen LogP contribution in [0.1, 0.15) is 23.1 Å². The van der Waals surface area contributed by atoms with E-state index in [0.717, 1.165) is 16.7 Å². The maximum atomic E-state index is 12.5. The van der Waals surface area contributed by atoms with E-state index in [0.29, 0.717) is 22.8 Å². The van der Waals surface area contributed by atoms with Crippen molar-refractivity contribution in [2.45, 2.75) is 31.6 Å². The van der Waals surface area contributed by atoms with E-state index in [1.54, 1.807) is 48.5 Å². The van der Waals surface area contributed by atoms with E-state index in [9.17, 15) is 13.2 Å². The zero-order valence-corrected chi connectivity index (χ0v) is 18.3. The van der Waals surface area contributed by atoms with Crippen LogP contribution in [0.5, 0.6) is 0 Å². The predicted octanol–water partition coefficient (Wildman–Crippen LogP) is 5.33. The largest absolute Gasteiger partial charge is 0.326 e. The number of anilines is 2. The van der Waals surface area contributed by atoms with Gasteiger partial charge in [0, 0.05) is 22.8 Å². The van der Waals surface area contributed by atoms with Crippen molar-refractivity contribution in [1.29, 1.82) is 0 Å². The molecule has 0 spiro atoms. The Kier molecular flexibility index (Phi) is 6.80. The van der Waals surface area contributed by atoms with Crippen molar-refractivity contribution in [2.75, 3.05) is 10.0 Å². The third kappa shape index (κ3) is 5.84. The topological polar surface area (TPSA) is 75.3 Å². The molecule has 0 aliphatic rings. The molecule has 3 aromatic rings. The maximum absolute atomic E-state index is 12.5. The van der Waals surface area contributed by atoms with Crippen molar-refractivity contribution in [1.82, 2.24) is 0 Å². The summed E-state index contributed by atoms with van der Waals surface area (Å²) in [7, 11) is -3.67. The number of halogens is 1. The average Bonchev–Trinajstić information content (AvgIpc) is 2.71. The molecule has 0 aromatic heterocycles. The molecule has 156 valence electrons. The minimum atomic E-state index is -3.67. The van der Waals surface area contributed by atoms with E-state index in [1.165, 1.54) is 0 Å². The lowest BCUT2D eigenvalue weighted by Crippen LogP contribution is -2.14. The highest BCUT2D eigenvalue weighted by Crippen LogP contribution is 2.21. The molecule has 0 saturated carbocycles. The van der Waals surface area contributed by atoms with Crippen LogP contribution in [0, 0.1) is 13.8 Å². The van der Waals surface area contributed by atoms with Gasteiger partial charge in [0.2, 0.25) is 5.91 Å². The van der Waals surface area contributed by atoms with Crippen LogP contribution in [0.25, 0.3) is 0 Å². The molecule has 0 saturated heterocycles. The number of carbonyl (C=O) groups is 1. The van der Waals surface area contributed by atoms with Gasteiger partial charge in [0.1, 0.15) is 0 Å². The van der Waals surface area contributed by atoms with Crippen LogP contribution in [0.4, 0.5) is 11.4 Å². The van der Waals surface area contributed by atoms with E-state index in [-0.39, 0.29) is 17.2 Å². The van der Waals surface area contributed by atoms with Crippen LogP contribution in [0.3, 0.4) is 0 Å². The van der Waals surface area contributed by atoms with Gasteiger partial charge in [0.15, 0.2) is 0 Å². The lowest BCUT2D eigenvalue weighted by Gasteiger charge is -2.10. The maximum Gasteiger partial charge on any atom is 0.261 e. The van der Waals surface area contributed by atoms with Gasteiger partial charge in [0.05, 0.1) is 4.90 Å². The average molecular weight is 443 g/mol. The molecule has 3 aromatic carbocycles. The Bertz CT molecular complexity index is 1140. The summed E-state index contributed by atoms with van der Waals surface area (Å²) < 4.78 is 27.6. The van der Waals surface area contributed by atoms with Crippen molar-refractivity contribution in [2.24, 2.45) is 0 Å². The number of rotatable bonds is 7. The van der Waals surface area contributed by atoms with Crippen molar-refractivity contribution in [3.63, 3.8) is 0 Å². The molecule has 3 rings (SSSR count). The molecule has 30 heavy (non-hydrogen) atoms. The minimum Gasteiger partial charge on any atom is -0.326 e. The molecule has 0 bridgehead atoms. The first-order chi connectivity index (χ1) is 14.2. The van der Waals surface area contributed by atoms with Gasteiger partial charge in [0.25, 0.3) is 10.0 Å². The van der Waals surface area contributed by atoms with E-state index in [2.05, 4.69) is 10.0 Å². The Morgan fingerprint density at radius 1 is 0.933 bits per heavy atom. The first kappa shape index (κ1) is 21.9. The fourth-order valence-electron chi connectivity index (χ4n) is 2.87.